The Kier molecular flexibility index (Phi) is 6.77. The second kappa shape index (κ2) is 9.51. The number of benzene rings is 1. The van der Waals surface area contributed by atoms with Crippen LogP contribution in [0.1, 0.15) is 69.4 Å². The number of carbonyl (C=O) groups is 2. The predicted octanol–water partition coefficient (Wildman–Crippen LogP) is 3.51. The van der Waals surface area contributed by atoms with Crippen molar-refractivity contribution < 1.29 is 9.59 Å². The average molecular weight is 412 g/mol. The third-order valence-electron chi connectivity index (χ3n) is 7.49. The smallest absolute Gasteiger partial charge is 0.224 e. The maximum Gasteiger partial charge on any atom is 0.224 e. The first kappa shape index (κ1) is 21.4. The van der Waals surface area contributed by atoms with E-state index in [1.807, 2.05) is 0 Å². The van der Waals surface area contributed by atoms with E-state index in [-0.39, 0.29) is 17.4 Å². The maximum absolute atomic E-state index is 13.2. The van der Waals surface area contributed by atoms with Gasteiger partial charge < -0.3 is 10.2 Å². The normalized spacial score (nSPS) is 25.2. The summed E-state index contributed by atoms with van der Waals surface area (Å²) in [6, 6.07) is 8.69. The lowest BCUT2D eigenvalue weighted by Gasteiger charge is -2.49. The van der Waals surface area contributed by atoms with Crippen molar-refractivity contribution in [3.05, 3.63) is 35.4 Å². The van der Waals surface area contributed by atoms with E-state index in [1.54, 1.807) is 0 Å². The van der Waals surface area contributed by atoms with Crippen LogP contribution in [-0.2, 0) is 22.6 Å². The molecule has 30 heavy (non-hydrogen) atoms. The summed E-state index contributed by atoms with van der Waals surface area (Å²) in [5.74, 6) is 0.907. The molecule has 1 saturated heterocycles. The van der Waals surface area contributed by atoms with E-state index in [9.17, 15) is 9.59 Å². The Morgan fingerprint density at radius 3 is 2.63 bits per heavy atom. The number of hydrogen-bond acceptors (Lipinski definition) is 3. The number of piperidine rings is 1. The zero-order valence-corrected chi connectivity index (χ0v) is 18.5. The summed E-state index contributed by atoms with van der Waals surface area (Å²) < 4.78 is 0. The first-order chi connectivity index (χ1) is 14.6. The molecular weight excluding hydrogens is 374 g/mol. The highest BCUT2D eigenvalue weighted by Crippen LogP contribution is 2.38. The van der Waals surface area contributed by atoms with E-state index in [2.05, 4.69) is 39.4 Å². The molecule has 1 aliphatic carbocycles. The molecule has 0 bridgehead atoms. The number of nitrogens with one attached hydrogen (secondary N) is 1. The minimum atomic E-state index is -0.0736. The molecule has 2 amide bonds. The van der Waals surface area contributed by atoms with Gasteiger partial charge in [0.2, 0.25) is 11.8 Å². The van der Waals surface area contributed by atoms with Crippen LogP contribution < -0.4 is 5.32 Å². The molecule has 1 unspecified atom stereocenters. The van der Waals surface area contributed by atoms with Crippen LogP contribution in [0.15, 0.2) is 24.3 Å². The zero-order valence-electron chi connectivity index (χ0n) is 18.5. The number of hydrogen-bond donors (Lipinski definition) is 1. The molecule has 1 N–H and O–H groups in total. The summed E-state index contributed by atoms with van der Waals surface area (Å²) in [5, 5.41) is 2.78. The molecule has 1 saturated carbocycles. The van der Waals surface area contributed by atoms with E-state index in [4.69, 9.17) is 0 Å². The van der Waals surface area contributed by atoms with E-state index >= 15 is 0 Å². The molecule has 2 aliphatic heterocycles. The molecule has 5 heteroatoms. The molecule has 1 aromatic rings. The van der Waals surface area contributed by atoms with Gasteiger partial charge in [0.15, 0.2) is 0 Å². The van der Waals surface area contributed by atoms with Crippen LogP contribution in [0.2, 0.25) is 0 Å². The summed E-state index contributed by atoms with van der Waals surface area (Å²) in [5.41, 5.74) is 2.75. The second-order valence-electron chi connectivity index (χ2n) is 9.71. The van der Waals surface area contributed by atoms with Crippen LogP contribution in [0.4, 0.5) is 0 Å². The number of likely N-dealkylation sites (tertiary alicyclic amines) is 1. The van der Waals surface area contributed by atoms with Crippen molar-refractivity contribution in [2.75, 3.05) is 26.2 Å². The predicted molar refractivity (Wildman–Crippen MR) is 119 cm³/mol. The minimum Gasteiger partial charge on any atom is -0.356 e. The van der Waals surface area contributed by atoms with Gasteiger partial charge in [-0.2, -0.15) is 0 Å². The van der Waals surface area contributed by atoms with Crippen LogP contribution in [-0.4, -0.2) is 53.3 Å². The molecule has 2 fully saturated rings. The molecule has 4 rings (SSSR count). The van der Waals surface area contributed by atoms with Gasteiger partial charge in [0.25, 0.3) is 0 Å². The average Bonchev–Trinajstić information content (AvgIpc) is 3.17. The van der Waals surface area contributed by atoms with Crippen molar-refractivity contribution in [1.82, 2.24) is 15.1 Å². The van der Waals surface area contributed by atoms with Crippen LogP contribution in [0, 0.1) is 5.92 Å². The third kappa shape index (κ3) is 4.88. The molecule has 3 aliphatic rings. The fourth-order valence-corrected chi connectivity index (χ4v) is 5.91. The van der Waals surface area contributed by atoms with Gasteiger partial charge in [0.1, 0.15) is 0 Å². The maximum atomic E-state index is 13.2. The number of rotatable bonds is 5. The Hall–Kier alpha value is -1.88. The van der Waals surface area contributed by atoms with Gasteiger partial charge in [-0.25, -0.2) is 0 Å². The van der Waals surface area contributed by atoms with Gasteiger partial charge in [0.05, 0.1) is 0 Å². The van der Waals surface area contributed by atoms with E-state index < -0.39 is 0 Å². The quantitative estimate of drug-likeness (QED) is 0.807. The molecule has 0 radical (unpaired) electrons. The number of nitrogens with zero attached hydrogens (tertiary/aromatic N) is 2. The Balaban J connectivity index is 1.58. The number of amides is 2. The topological polar surface area (TPSA) is 52.7 Å². The van der Waals surface area contributed by atoms with Crippen molar-refractivity contribution in [3.63, 3.8) is 0 Å². The molecular formula is C25H37N3O2. The highest BCUT2D eigenvalue weighted by Gasteiger charge is 2.43. The van der Waals surface area contributed by atoms with Crippen molar-refractivity contribution in [2.24, 2.45) is 5.92 Å². The van der Waals surface area contributed by atoms with Crippen molar-refractivity contribution in [2.45, 2.75) is 76.8 Å². The number of fused-ring (bicyclic) bond motifs is 1. The fourth-order valence-electron chi connectivity index (χ4n) is 5.91. The summed E-state index contributed by atoms with van der Waals surface area (Å²) >= 11 is 0. The highest BCUT2D eigenvalue weighted by molar-refractivity contribution is 5.78. The van der Waals surface area contributed by atoms with Gasteiger partial charge in [0, 0.05) is 45.1 Å². The SMILES string of the molecule is CC(=O)NCCC(=O)N1Cc2ccccc2CC2(CCCCN2CC2CCCC2)C1. The standard InChI is InChI=1S/C25H37N3O2/c1-20(29)26-14-12-24(30)27-18-23-11-5-4-10-22(23)16-25(19-27)13-6-7-15-28(25)17-21-8-2-3-9-21/h4-5,10-11,21H,2-3,6-9,12-19H2,1H3,(H,26,29). The van der Waals surface area contributed by atoms with Gasteiger partial charge in [-0.3, -0.25) is 14.5 Å². The van der Waals surface area contributed by atoms with Crippen molar-refractivity contribution in [3.8, 4) is 0 Å². The van der Waals surface area contributed by atoms with E-state index in [1.165, 1.54) is 69.5 Å². The molecule has 5 nitrogen and oxygen atoms in total. The molecule has 0 aromatic heterocycles. The molecule has 1 atom stereocenters. The largest absolute Gasteiger partial charge is 0.356 e. The monoisotopic (exact) mass is 411 g/mol. The molecule has 1 aromatic carbocycles. The lowest BCUT2D eigenvalue weighted by molar-refractivity contribution is -0.134. The van der Waals surface area contributed by atoms with Gasteiger partial charge >= 0.3 is 0 Å². The van der Waals surface area contributed by atoms with Crippen LogP contribution in [0.3, 0.4) is 0 Å². The lowest BCUT2D eigenvalue weighted by atomic mass is 9.80. The van der Waals surface area contributed by atoms with Crippen molar-refractivity contribution >= 4 is 11.8 Å². The lowest BCUT2D eigenvalue weighted by Crippen LogP contribution is -2.60. The second-order valence-corrected chi connectivity index (χ2v) is 9.71. The van der Waals surface area contributed by atoms with Gasteiger partial charge in [-0.15, -0.1) is 0 Å². The van der Waals surface area contributed by atoms with Gasteiger partial charge in [-0.05, 0) is 55.7 Å². The zero-order chi connectivity index (χ0) is 21.0. The van der Waals surface area contributed by atoms with E-state index in [0.29, 0.717) is 19.5 Å². The molecule has 2 heterocycles. The summed E-state index contributed by atoms with van der Waals surface area (Å²) in [7, 11) is 0. The summed E-state index contributed by atoms with van der Waals surface area (Å²) in [4.78, 5) is 29.3. The molecule has 1 spiro atoms. The van der Waals surface area contributed by atoms with Crippen LogP contribution in [0.5, 0.6) is 0 Å². The Morgan fingerprint density at radius 1 is 1.10 bits per heavy atom. The first-order valence-electron chi connectivity index (χ1n) is 11.9. The first-order valence-corrected chi connectivity index (χ1v) is 11.9. The summed E-state index contributed by atoms with van der Waals surface area (Å²) in [6.45, 7) is 5.78. The Morgan fingerprint density at radius 2 is 1.87 bits per heavy atom. The van der Waals surface area contributed by atoms with Crippen LogP contribution in [0.25, 0.3) is 0 Å². The summed E-state index contributed by atoms with van der Waals surface area (Å²) in [6.07, 6.45) is 10.6. The van der Waals surface area contributed by atoms with Gasteiger partial charge in [-0.1, -0.05) is 43.5 Å². The minimum absolute atomic E-state index is 0.0527. The van der Waals surface area contributed by atoms with Crippen molar-refractivity contribution in [1.29, 1.82) is 0 Å². The molecule has 164 valence electrons. The third-order valence-corrected chi connectivity index (χ3v) is 7.49. The number of carbonyl (C=O) groups excluding carboxylic acids is 2. The highest BCUT2D eigenvalue weighted by atomic mass is 16.2. The van der Waals surface area contributed by atoms with Crippen LogP contribution >= 0.6 is 0 Å². The Bertz CT molecular complexity index is 759. The fraction of sp³-hybridized carbons (Fsp3) is 0.680. The van der Waals surface area contributed by atoms with E-state index in [0.717, 1.165) is 25.4 Å². The Labute approximate surface area is 181 Å².